The van der Waals surface area contributed by atoms with Crippen molar-refractivity contribution in [1.82, 2.24) is 4.90 Å². The lowest BCUT2D eigenvalue weighted by Crippen LogP contribution is -2.29. The van der Waals surface area contributed by atoms with E-state index in [-0.39, 0.29) is 16.9 Å². The number of likely N-dealkylation sites (N-methyl/N-ethyl adjacent to an activating group) is 1. The first-order valence-corrected chi connectivity index (χ1v) is 7.17. The van der Waals surface area contributed by atoms with E-state index in [1.54, 1.807) is 0 Å². The van der Waals surface area contributed by atoms with Crippen molar-refractivity contribution < 1.29 is 13.9 Å². The number of ether oxygens (including phenoxy) is 1. The van der Waals surface area contributed by atoms with Gasteiger partial charge in [0.2, 0.25) is 0 Å². The van der Waals surface area contributed by atoms with Gasteiger partial charge in [-0.3, -0.25) is 0 Å². The van der Waals surface area contributed by atoms with Crippen molar-refractivity contribution in [2.75, 3.05) is 44.3 Å². The fourth-order valence-electron chi connectivity index (χ4n) is 2.10. The van der Waals surface area contributed by atoms with Crippen LogP contribution < -0.4 is 11.1 Å². The molecule has 1 rings (SSSR count). The molecule has 0 aliphatic rings. The molecule has 1 aromatic rings. The fourth-order valence-corrected chi connectivity index (χ4v) is 2.10. The van der Waals surface area contributed by atoms with E-state index in [0.29, 0.717) is 6.54 Å². The first-order chi connectivity index (χ1) is 10.0. The third-order valence-electron chi connectivity index (χ3n) is 3.28. The number of hydrogen-bond acceptors (Lipinski definition) is 5. The summed E-state index contributed by atoms with van der Waals surface area (Å²) in [6.45, 7) is 7.58. The van der Waals surface area contributed by atoms with Crippen molar-refractivity contribution >= 4 is 17.3 Å². The number of nitrogens with zero attached hydrogens (tertiary/aromatic N) is 1. The average Bonchev–Trinajstić information content (AvgIpc) is 2.47. The maximum atomic E-state index is 13.8. The van der Waals surface area contributed by atoms with Gasteiger partial charge in [-0.15, -0.1) is 0 Å². The highest BCUT2D eigenvalue weighted by Crippen LogP contribution is 2.22. The lowest BCUT2D eigenvalue weighted by molar-refractivity contribution is 0.0602. The molecule has 5 nitrogen and oxygen atoms in total. The Morgan fingerprint density at radius 1 is 1.38 bits per heavy atom. The zero-order chi connectivity index (χ0) is 15.8. The van der Waals surface area contributed by atoms with Crippen LogP contribution in [0.4, 0.5) is 15.8 Å². The molecule has 0 atom stereocenters. The molecule has 0 saturated heterocycles. The minimum Gasteiger partial charge on any atom is -0.465 e. The fraction of sp³-hybridized carbons (Fsp3) is 0.533. The quantitative estimate of drug-likeness (QED) is 0.569. The number of nitrogen functional groups attached to an aromatic ring is 1. The van der Waals surface area contributed by atoms with Crippen molar-refractivity contribution in [2.24, 2.45) is 0 Å². The van der Waals surface area contributed by atoms with Crippen LogP contribution >= 0.6 is 0 Å². The summed E-state index contributed by atoms with van der Waals surface area (Å²) < 4.78 is 18.5. The normalized spacial score (nSPS) is 10.7. The monoisotopic (exact) mass is 297 g/mol. The van der Waals surface area contributed by atoms with Crippen LogP contribution in [0.15, 0.2) is 12.1 Å². The van der Waals surface area contributed by atoms with Crippen molar-refractivity contribution in [3.8, 4) is 0 Å². The Balaban J connectivity index is 2.72. The number of rotatable bonds is 8. The van der Waals surface area contributed by atoms with Gasteiger partial charge < -0.3 is 20.7 Å². The Labute approximate surface area is 125 Å². The lowest BCUT2D eigenvalue weighted by Gasteiger charge is -2.20. The number of hydrogen-bond donors (Lipinski definition) is 2. The number of carbonyl (C=O) groups is 1. The third kappa shape index (κ3) is 4.90. The summed E-state index contributed by atoms with van der Waals surface area (Å²) >= 11 is 0. The van der Waals surface area contributed by atoms with Crippen LogP contribution in [0, 0.1) is 5.82 Å². The molecule has 1 aromatic carbocycles. The van der Waals surface area contributed by atoms with Gasteiger partial charge in [0.05, 0.1) is 18.4 Å². The van der Waals surface area contributed by atoms with E-state index in [2.05, 4.69) is 28.8 Å². The van der Waals surface area contributed by atoms with Crippen LogP contribution in [0.3, 0.4) is 0 Å². The molecule has 0 radical (unpaired) electrons. The van der Waals surface area contributed by atoms with Gasteiger partial charge in [0.15, 0.2) is 0 Å². The van der Waals surface area contributed by atoms with E-state index in [9.17, 15) is 9.18 Å². The molecule has 0 amide bonds. The molecule has 0 fully saturated rings. The Morgan fingerprint density at radius 2 is 2.10 bits per heavy atom. The molecule has 0 aliphatic carbocycles. The molecular weight excluding hydrogens is 273 g/mol. The summed E-state index contributed by atoms with van der Waals surface area (Å²) in [5.41, 5.74) is 6.13. The highest BCUT2D eigenvalue weighted by Gasteiger charge is 2.14. The Morgan fingerprint density at radius 3 is 2.67 bits per heavy atom. The van der Waals surface area contributed by atoms with Gasteiger partial charge in [0.1, 0.15) is 5.82 Å². The number of nitrogens with two attached hydrogens (primary N) is 1. The van der Waals surface area contributed by atoms with Gasteiger partial charge in [0, 0.05) is 18.8 Å². The van der Waals surface area contributed by atoms with Crippen molar-refractivity contribution in [1.29, 1.82) is 0 Å². The number of nitrogens with one attached hydrogen (secondary N) is 1. The van der Waals surface area contributed by atoms with E-state index >= 15 is 0 Å². The molecule has 21 heavy (non-hydrogen) atoms. The molecule has 0 unspecified atom stereocenters. The van der Waals surface area contributed by atoms with E-state index < -0.39 is 11.8 Å². The number of benzene rings is 1. The smallest absolute Gasteiger partial charge is 0.340 e. The SMILES string of the molecule is CCCN(CC)CCNc1cc(C(=O)OC)c(N)cc1F. The van der Waals surface area contributed by atoms with Crippen LogP contribution in [0.5, 0.6) is 0 Å². The second-order valence-corrected chi connectivity index (χ2v) is 4.77. The number of esters is 1. The predicted molar refractivity (Wildman–Crippen MR) is 83.0 cm³/mol. The summed E-state index contributed by atoms with van der Waals surface area (Å²) in [6, 6.07) is 2.53. The zero-order valence-electron chi connectivity index (χ0n) is 12.9. The Kier molecular flexibility index (Phi) is 6.94. The summed E-state index contributed by atoms with van der Waals surface area (Å²) in [6.07, 6.45) is 1.08. The van der Waals surface area contributed by atoms with E-state index in [1.807, 2.05) is 0 Å². The summed E-state index contributed by atoms with van der Waals surface area (Å²) in [5.74, 6) is -1.05. The Hall–Kier alpha value is -1.82. The molecule has 0 saturated carbocycles. The number of carbonyl (C=O) groups excluding carboxylic acids is 1. The highest BCUT2D eigenvalue weighted by molar-refractivity contribution is 5.96. The van der Waals surface area contributed by atoms with Crippen LogP contribution in [-0.4, -0.2) is 44.2 Å². The number of halogens is 1. The molecular formula is C15H24FN3O2. The van der Waals surface area contributed by atoms with Crippen LogP contribution in [0.1, 0.15) is 30.6 Å². The Bertz CT molecular complexity index is 480. The van der Waals surface area contributed by atoms with E-state index in [0.717, 1.165) is 32.1 Å². The standard InChI is InChI=1S/C15H24FN3O2/c1-4-7-19(5-2)8-6-18-14-9-11(15(20)21-3)13(17)10-12(14)16/h9-10,18H,4-8,17H2,1-3H3. The summed E-state index contributed by atoms with van der Waals surface area (Å²) in [7, 11) is 1.27. The maximum absolute atomic E-state index is 13.8. The predicted octanol–water partition coefficient (Wildman–Crippen LogP) is 2.34. The molecule has 0 spiro atoms. The van der Waals surface area contributed by atoms with Gasteiger partial charge in [-0.05, 0) is 31.6 Å². The number of anilines is 2. The topological polar surface area (TPSA) is 67.6 Å². The van der Waals surface area contributed by atoms with E-state index in [1.165, 1.54) is 13.2 Å². The highest BCUT2D eigenvalue weighted by atomic mass is 19.1. The van der Waals surface area contributed by atoms with Gasteiger partial charge in [-0.25, -0.2) is 9.18 Å². The largest absolute Gasteiger partial charge is 0.465 e. The van der Waals surface area contributed by atoms with Crippen LogP contribution in [0.2, 0.25) is 0 Å². The minimum absolute atomic E-state index is 0.0751. The van der Waals surface area contributed by atoms with Gasteiger partial charge in [-0.2, -0.15) is 0 Å². The van der Waals surface area contributed by atoms with Crippen molar-refractivity contribution in [3.05, 3.63) is 23.5 Å². The average molecular weight is 297 g/mol. The zero-order valence-corrected chi connectivity index (χ0v) is 12.9. The van der Waals surface area contributed by atoms with Crippen LogP contribution in [0.25, 0.3) is 0 Å². The molecule has 6 heteroatoms. The molecule has 0 aromatic heterocycles. The first-order valence-electron chi connectivity index (χ1n) is 7.17. The lowest BCUT2D eigenvalue weighted by atomic mass is 10.1. The molecule has 3 N–H and O–H groups in total. The van der Waals surface area contributed by atoms with Gasteiger partial charge >= 0.3 is 5.97 Å². The molecule has 0 aliphatic heterocycles. The van der Waals surface area contributed by atoms with E-state index in [4.69, 9.17) is 5.73 Å². The number of methoxy groups -OCH3 is 1. The minimum atomic E-state index is -0.572. The molecule has 0 bridgehead atoms. The van der Waals surface area contributed by atoms with Crippen molar-refractivity contribution in [3.63, 3.8) is 0 Å². The molecule has 118 valence electrons. The van der Waals surface area contributed by atoms with Crippen LogP contribution in [-0.2, 0) is 4.74 Å². The molecule has 0 heterocycles. The van der Waals surface area contributed by atoms with Crippen molar-refractivity contribution in [2.45, 2.75) is 20.3 Å². The summed E-state index contributed by atoms with van der Waals surface area (Å²) in [5, 5.41) is 3.00. The van der Waals surface area contributed by atoms with Gasteiger partial charge in [0.25, 0.3) is 0 Å². The van der Waals surface area contributed by atoms with Gasteiger partial charge in [-0.1, -0.05) is 13.8 Å². The first kappa shape index (κ1) is 17.2. The maximum Gasteiger partial charge on any atom is 0.340 e. The third-order valence-corrected chi connectivity index (χ3v) is 3.28. The second kappa shape index (κ2) is 8.46. The summed E-state index contributed by atoms with van der Waals surface area (Å²) in [4.78, 5) is 13.8. The second-order valence-electron chi connectivity index (χ2n) is 4.77.